The number of carbonyl (C=O) groups excluding carboxylic acids is 1. The Morgan fingerprint density at radius 1 is 1.32 bits per heavy atom. The Labute approximate surface area is 108 Å². The molecule has 1 fully saturated rings. The highest BCUT2D eigenvalue weighted by Crippen LogP contribution is 2.49. The van der Waals surface area contributed by atoms with Crippen molar-refractivity contribution in [2.75, 3.05) is 5.32 Å². The van der Waals surface area contributed by atoms with Crippen LogP contribution in [0.25, 0.3) is 0 Å². The van der Waals surface area contributed by atoms with Crippen molar-refractivity contribution < 1.29 is 18.0 Å². The number of halogens is 3. The van der Waals surface area contributed by atoms with Crippen LogP contribution in [0.1, 0.15) is 18.4 Å². The smallest absolute Gasteiger partial charge is 0.373 e. The number of anilines is 1. The molecule has 2 aliphatic rings. The molecule has 0 unspecified atom stereocenters. The molecule has 1 aromatic carbocycles. The standard InChI is InChI=1S/C13H13F3N2O/c14-13(15,16)12(5-6-12)18-11(19)10-7-8-3-1-2-4-9(8)17-10/h1-4,10,17H,5-7H2,(H,18,19)/t10-/m0/s1. The van der Waals surface area contributed by atoms with Crippen molar-refractivity contribution in [3.63, 3.8) is 0 Å². The Hall–Kier alpha value is -1.72. The van der Waals surface area contributed by atoms with Crippen LogP contribution < -0.4 is 10.6 Å². The van der Waals surface area contributed by atoms with Crippen LogP contribution in [-0.4, -0.2) is 23.7 Å². The second kappa shape index (κ2) is 3.88. The average Bonchev–Trinajstić information content (AvgIpc) is 3.00. The second-order valence-corrected chi connectivity index (χ2v) is 5.13. The molecule has 1 aromatic rings. The van der Waals surface area contributed by atoms with Crippen LogP contribution in [0, 0.1) is 0 Å². The van der Waals surface area contributed by atoms with Crippen LogP contribution >= 0.6 is 0 Å². The normalized spacial score (nSPS) is 23.4. The molecular formula is C13H13F3N2O. The first-order chi connectivity index (χ1) is 8.91. The summed E-state index contributed by atoms with van der Waals surface area (Å²) in [5, 5.41) is 5.11. The van der Waals surface area contributed by atoms with Gasteiger partial charge in [0.1, 0.15) is 11.6 Å². The summed E-state index contributed by atoms with van der Waals surface area (Å²) in [4.78, 5) is 11.9. The molecule has 2 N–H and O–H groups in total. The molecule has 1 amide bonds. The van der Waals surface area contributed by atoms with E-state index in [-0.39, 0.29) is 12.8 Å². The fraction of sp³-hybridized carbons (Fsp3) is 0.462. The molecule has 1 atom stereocenters. The number of para-hydroxylation sites is 1. The van der Waals surface area contributed by atoms with E-state index >= 15 is 0 Å². The minimum atomic E-state index is -4.37. The van der Waals surface area contributed by atoms with Gasteiger partial charge in [0.2, 0.25) is 5.91 Å². The monoisotopic (exact) mass is 270 g/mol. The summed E-state index contributed by atoms with van der Waals surface area (Å²) in [7, 11) is 0. The zero-order valence-electron chi connectivity index (χ0n) is 10.1. The van der Waals surface area contributed by atoms with E-state index < -0.39 is 23.7 Å². The summed E-state index contributed by atoms with van der Waals surface area (Å²) >= 11 is 0. The number of alkyl halides is 3. The van der Waals surface area contributed by atoms with E-state index in [1.807, 2.05) is 24.3 Å². The third kappa shape index (κ3) is 2.05. The van der Waals surface area contributed by atoms with Crippen molar-refractivity contribution in [3.05, 3.63) is 29.8 Å². The van der Waals surface area contributed by atoms with E-state index in [1.54, 1.807) is 0 Å². The van der Waals surface area contributed by atoms with Crippen LogP contribution in [0.5, 0.6) is 0 Å². The number of carbonyl (C=O) groups is 1. The SMILES string of the molecule is O=C(NC1(C(F)(F)F)CC1)[C@@H]1Cc2ccccc2N1. The molecule has 19 heavy (non-hydrogen) atoms. The van der Waals surface area contributed by atoms with Gasteiger partial charge in [-0.15, -0.1) is 0 Å². The van der Waals surface area contributed by atoms with Crippen LogP contribution in [0.15, 0.2) is 24.3 Å². The molecule has 0 saturated heterocycles. The Bertz CT molecular complexity index is 498. The lowest BCUT2D eigenvalue weighted by atomic mass is 10.1. The van der Waals surface area contributed by atoms with Crippen molar-refractivity contribution >= 4 is 11.6 Å². The van der Waals surface area contributed by atoms with Gasteiger partial charge in [-0.25, -0.2) is 0 Å². The number of rotatable bonds is 2. The number of hydrogen-bond acceptors (Lipinski definition) is 2. The van der Waals surface area contributed by atoms with Crippen molar-refractivity contribution in [3.8, 4) is 0 Å². The molecule has 0 spiro atoms. The van der Waals surface area contributed by atoms with Crippen LogP contribution in [0.2, 0.25) is 0 Å². The lowest BCUT2D eigenvalue weighted by Crippen LogP contribution is -2.52. The summed E-state index contributed by atoms with van der Waals surface area (Å²) in [6.45, 7) is 0. The van der Waals surface area contributed by atoms with E-state index in [0.29, 0.717) is 6.42 Å². The van der Waals surface area contributed by atoms with Crippen molar-refractivity contribution in [2.24, 2.45) is 0 Å². The fourth-order valence-electron chi connectivity index (χ4n) is 2.38. The molecule has 0 bridgehead atoms. The van der Waals surface area contributed by atoms with E-state index in [0.717, 1.165) is 11.3 Å². The zero-order chi connectivity index (χ0) is 13.7. The van der Waals surface area contributed by atoms with Gasteiger partial charge in [0.25, 0.3) is 0 Å². The van der Waals surface area contributed by atoms with Gasteiger partial charge in [0.05, 0.1) is 0 Å². The Balaban J connectivity index is 1.68. The molecule has 0 aromatic heterocycles. The predicted octanol–water partition coefficient (Wildman–Crippen LogP) is 2.23. The first-order valence-corrected chi connectivity index (χ1v) is 6.14. The predicted molar refractivity (Wildman–Crippen MR) is 63.7 cm³/mol. The summed E-state index contributed by atoms with van der Waals surface area (Å²) in [5.41, 5.74) is -0.209. The molecule has 1 aliphatic carbocycles. The minimum Gasteiger partial charge on any atom is -0.373 e. The topological polar surface area (TPSA) is 41.1 Å². The molecule has 6 heteroatoms. The van der Waals surface area contributed by atoms with Gasteiger partial charge in [0.15, 0.2) is 0 Å². The van der Waals surface area contributed by atoms with Gasteiger partial charge < -0.3 is 10.6 Å². The maximum atomic E-state index is 12.8. The zero-order valence-corrected chi connectivity index (χ0v) is 10.1. The van der Waals surface area contributed by atoms with Crippen LogP contribution in [-0.2, 0) is 11.2 Å². The Kier molecular flexibility index (Phi) is 2.52. The first kappa shape index (κ1) is 12.3. The van der Waals surface area contributed by atoms with Gasteiger partial charge in [-0.1, -0.05) is 18.2 Å². The molecule has 0 radical (unpaired) electrons. The quantitative estimate of drug-likeness (QED) is 0.865. The highest BCUT2D eigenvalue weighted by molar-refractivity contribution is 5.88. The molecule has 3 rings (SSSR count). The lowest BCUT2D eigenvalue weighted by Gasteiger charge is -2.22. The molecule has 3 nitrogen and oxygen atoms in total. The van der Waals surface area contributed by atoms with Crippen molar-refractivity contribution in [1.82, 2.24) is 5.32 Å². The maximum Gasteiger partial charge on any atom is 0.411 e. The van der Waals surface area contributed by atoms with Gasteiger partial charge in [0, 0.05) is 12.1 Å². The van der Waals surface area contributed by atoms with E-state index in [4.69, 9.17) is 0 Å². The third-order valence-electron chi connectivity index (χ3n) is 3.74. The maximum absolute atomic E-state index is 12.8. The van der Waals surface area contributed by atoms with Crippen LogP contribution in [0.4, 0.5) is 18.9 Å². The Morgan fingerprint density at radius 3 is 2.58 bits per heavy atom. The summed E-state index contributed by atoms with van der Waals surface area (Å²) < 4.78 is 38.3. The summed E-state index contributed by atoms with van der Waals surface area (Å²) in [5.74, 6) is -0.578. The van der Waals surface area contributed by atoms with E-state index in [2.05, 4.69) is 10.6 Å². The molecule has 1 saturated carbocycles. The molecular weight excluding hydrogens is 257 g/mol. The fourth-order valence-corrected chi connectivity index (χ4v) is 2.38. The van der Waals surface area contributed by atoms with Gasteiger partial charge >= 0.3 is 6.18 Å². The molecule has 102 valence electrons. The first-order valence-electron chi connectivity index (χ1n) is 6.14. The van der Waals surface area contributed by atoms with Crippen molar-refractivity contribution in [2.45, 2.75) is 37.0 Å². The van der Waals surface area contributed by atoms with Gasteiger partial charge in [-0.2, -0.15) is 13.2 Å². The summed E-state index contributed by atoms with van der Waals surface area (Å²) in [6, 6.07) is 6.74. The van der Waals surface area contributed by atoms with E-state index in [1.165, 1.54) is 0 Å². The van der Waals surface area contributed by atoms with Crippen LogP contribution in [0.3, 0.4) is 0 Å². The number of hydrogen-bond donors (Lipinski definition) is 2. The third-order valence-corrected chi connectivity index (χ3v) is 3.74. The number of fused-ring (bicyclic) bond motifs is 1. The number of nitrogens with one attached hydrogen (secondary N) is 2. The average molecular weight is 270 g/mol. The molecule has 1 aliphatic heterocycles. The lowest BCUT2D eigenvalue weighted by molar-refractivity contribution is -0.170. The second-order valence-electron chi connectivity index (χ2n) is 5.13. The Morgan fingerprint density at radius 2 is 2.00 bits per heavy atom. The molecule has 1 heterocycles. The van der Waals surface area contributed by atoms with Crippen molar-refractivity contribution in [1.29, 1.82) is 0 Å². The number of amides is 1. The highest BCUT2D eigenvalue weighted by atomic mass is 19.4. The number of benzene rings is 1. The largest absolute Gasteiger partial charge is 0.411 e. The minimum absolute atomic E-state index is 0.0259. The van der Waals surface area contributed by atoms with Gasteiger partial charge in [-0.05, 0) is 24.5 Å². The van der Waals surface area contributed by atoms with E-state index in [9.17, 15) is 18.0 Å². The highest BCUT2D eigenvalue weighted by Gasteiger charge is 2.64. The summed E-state index contributed by atoms with van der Waals surface area (Å²) in [6.07, 6.45) is -3.99. The van der Waals surface area contributed by atoms with Gasteiger partial charge in [-0.3, -0.25) is 4.79 Å².